The molecule has 0 heterocycles. The van der Waals surface area contributed by atoms with Crippen molar-refractivity contribution in [2.24, 2.45) is 11.8 Å². The predicted octanol–water partition coefficient (Wildman–Crippen LogP) is 2.88. The van der Waals surface area contributed by atoms with Gasteiger partial charge in [0.2, 0.25) is 0 Å². The molecule has 2 aliphatic rings. The number of rotatable bonds is 2. The van der Waals surface area contributed by atoms with Crippen molar-refractivity contribution in [1.29, 1.82) is 0 Å². The third-order valence-corrected chi connectivity index (χ3v) is 3.82. The van der Waals surface area contributed by atoms with Crippen LogP contribution in [0.4, 0.5) is 0 Å². The zero-order chi connectivity index (χ0) is 8.77. The molecule has 2 rings (SSSR count). The summed E-state index contributed by atoms with van der Waals surface area (Å²) in [5, 5.41) is 10.3. The second-order valence-electron chi connectivity index (χ2n) is 4.38. The lowest BCUT2D eigenvalue weighted by Gasteiger charge is -2.32. The maximum Gasteiger partial charge on any atom is 0.0722 e. The van der Waals surface area contributed by atoms with Crippen LogP contribution < -0.4 is 0 Å². The lowest BCUT2D eigenvalue weighted by Crippen LogP contribution is -2.34. The summed E-state index contributed by atoms with van der Waals surface area (Å²) in [7, 11) is 0. The van der Waals surface area contributed by atoms with E-state index in [1.54, 1.807) is 0 Å². The minimum Gasteiger partial charge on any atom is -0.389 e. The van der Waals surface area contributed by atoms with Gasteiger partial charge in [-0.1, -0.05) is 6.58 Å². The maximum absolute atomic E-state index is 10.3. The molecule has 1 nitrogen and oxygen atoms in total. The van der Waals surface area contributed by atoms with Gasteiger partial charge in [-0.2, -0.15) is 0 Å². The lowest BCUT2D eigenvalue weighted by atomic mass is 9.82. The van der Waals surface area contributed by atoms with Crippen molar-refractivity contribution in [2.45, 2.75) is 37.7 Å². The normalized spacial score (nSPS) is 45.2. The van der Waals surface area contributed by atoms with Gasteiger partial charge in [-0.05, 0) is 63.7 Å². The van der Waals surface area contributed by atoms with Gasteiger partial charge >= 0.3 is 0 Å². The largest absolute Gasteiger partial charge is 0.389 e. The fourth-order valence-electron chi connectivity index (χ4n) is 2.96. The molecule has 12 heavy (non-hydrogen) atoms. The highest BCUT2D eigenvalue weighted by molar-refractivity contribution is 14.1. The predicted molar refractivity (Wildman–Crippen MR) is 58.2 cm³/mol. The first-order chi connectivity index (χ1) is 5.60. The van der Waals surface area contributed by atoms with Crippen molar-refractivity contribution in [3.63, 3.8) is 0 Å². The Labute approximate surface area is 87.4 Å². The van der Waals surface area contributed by atoms with E-state index in [0.29, 0.717) is 5.92 Å². The molecule has 2 bridgehead atoms. The molecule has 0 aliphatic heterocycles. The Hall–Kier alpha value is 0.430. The lowest BCUT2D eigenvalue weighted by molar-refractivity contribution is -0.0103. The van der Waals surface area contributed by atoms with Crippen LogP contribution in [0.1, 0.15) is 32.1 Å². The van der Waals surface area contributed by atoms with Crippen molar-refractivity contribution in [3.8, 4) is 0 Å². The summed E-state index contributed by atoms with van der Waals surface area (Å²) in [6.07, 6.45) is 5.70. The van der Waals surface area contributed by atoms with Gasteiger partial charge in [0.05, 0.1) is 5.60 Å². The zero-order valence-corrected chi connectivity index (χ0v) is 9.38. The minimum absolute atomic E-state index is 0.374. The summed E-state index contributed by atoms with van der Waals surface area (Å²) in [4.78, 5) is 0. The van der Waals surface area contributed by atoms with Crippen LogP contribution in [0.5, 0.6) is 0 Å². The molecule has 3 atom stereocenters. The molecular formula is C10H15IO. The molecule has 2 saturated carbocycles. The topological polar surface area (TPSA) is 20.2 Å². The highest BCUT2D eigenvalue weighted by Gasteiger charge is 2.49. The van der Waals surface area contributed by atoms with Crippen LogP contribution in [-0.4, -0.2) is 10.7 Å². The third-order valence-electron chi connectivity index (χ3n) is 3.44. The smallest absolute Gasteiger partial charge is 0.0722 e. The first-order valence-electron chi connectivity index (χ1n) is 4.66. The van der Waals surface area contributed by atoms with E-state index in [1.807, 2.05) is 0 Å². The molecular weight excluding hydrogens is 263 g/mol. The molecule has 68 valence electrons. The standard InChI is InChI=1S/C10H15IO/c1-7(11)5-10(12)6-8-2-3-9(10)4-8/h8-9,12H,1-6H2. The SMILES string of the molecule is C=C(I)CC1(O)CC2CCC1C2. The van der Waals surface area contributed by atoms with Crippen molar-refractivity contribution >= 4 is 22.6 Å². The van der Waals surface area contributed by atoms with Gasteiger partial charge in [0, 0.05) is 6.42 Å². The number of hydrogen-bond acceptors (Lipinski definition) is 1. The second kappa shape index (κ2) is 2.98. The summed E-state index contributed by atoms with van der Waals surface area (Å²) in [5.74, 6) is 1.39. The summed E-state index contributed by atoms with van der Waals surface area (Å²) in [5.41, 5.74) is -0.374. The second-order valence-corrected chi connectivity index (χ2v) is 5.90. The molecule has 0 radical (unpaired) electrons. The fraction of sp³-hybridized carbons (Fsp3) is 0.800. The van der Waals surface area contributed by atoms with Gasteiger partial charge in [0.25, 0.3) is 0 Å². The summed E-state index contributed by atoms with van der Waals surface area (Å²) in [6, 6.07) is 0. The summed E-state index contributed by atoms with van der Waals surface area (Å²) >= 11 is 2.23. The van der Waals surface area contributed by atoms with Crippen LogP contribution in [0.15, 0.2) is 10.2 Å². The molecule has 0 aromatic carbocycles. The number of hydrogen-bond donors (Lipinski definition) is 1. The van der Waals surface area contributed by atoms with Crippen molar-refractivity contribution < 1.29 is 5.11 Å². The van der Waals surface area contributed by atoms with Gasteiger partial charge in [-0.3, -0.25) is 0 Å². The van der Waals surface area contributed by atoms with E-state index in [9.17, 15) is 5.11 Å². The van der Waals surface area contributed by atoms with Crippen molar-refractivity contribution in [2.75, 3.05) is 0 Å². The van der Waals surface area contributed by atoms with E-state index >= 15 is 0 Å². The Morgan fingerprint density at radius 3 is 2.75 bits per heavy atom. The molecule has 1 N–H and O–H groups in total. The van der Waals surface area contributed by atoms with Crippen LogP contribution in [0.3, 0.4) is 0 Å². The average Bonchev–Trinajstić information content (AvgIpc) is 2.42. The first-order valence-corrected chi connectivity index (χ1v) is 5.74. The quantitative estimate of drug-likeness (QED) is 0.770. The van der Waals surface area contributed by atoms with E-state index in [2.05, 4.69) is 29.2 Å². The zero-order valence-electron chi connectivity index (χ0n) is 7.22. The molecule has 0 spiro atoms. The minimum atomic E-state index is -0.374. The fourth-order valence-corrected chi connectivity index (χ4v) is 3.62. The van der Waals surface area contributed by atoms with Crippen LogP contribution in [0.2, 0.25) is 0 Å². The number of fused-ring (bicyclic) bond motifs is 2. The Morgan fingerprint density at radius 2 is 2.33 bits per heavy atom. The maximum atomic E-state index is 10.3. The Balaban J connectivity index is 2.07. The van der Waals surface area contributed by atoms with Crippen molar-refractivity contribution in [1.82, 2.24) is 0 Å². The summed E-state index contributed by atoms with van der Waals surface area (Å²) < 4.78 is 1.10. The number of aliphatic hydroxyl groups is 1. The molecule has 0 aromatic rings. The number of halogens is 1. The monoisotopic (exact) mass is 278 g/mol. The van der Waals surface area contributed by atoms with Gasteiger partial charge < -0.3 is 5.11 Å². The average molecular weight is 278 g/mol. The summed E-state index contributed by atoms with van der Waals surface area (Å²) in [6.45, 7) is 3.87. The van der Waals surface area contributed by atoms with Gasteiger partial charge in [0.15, 0.2) is 0 Å². The van der Waals surface area contributed by atoms with E-state index < -0.39 is 0 Å². The molecule has 0 amide bonds. The van der Waals surface area contributed by atoms with Crippen molar-refractivity contribution in [3.05, 3.63) is 10.2 Å². The molecule has 2 heteroatoms. The molecule has 2 aliphatic carbocycles. The van der Waals surface area contributed by atoms with Gasteiger partial charge in [0.1, 0.15) is 0 Å². The molecule has 0 aromatic heterocycles. The highest BCUT2D eigenvalue weighted by Crippen LogP contribution is 2.53. The van der Waals surface area contributed by atoms with E-state index in [1.165, 1.54) is 19.3 Å². The van der Waals surface area contributed by atoms with Crippen LogP contribution >= 0.6 is 22.6 Å². The van der Waals surface area contributed by atoms with Gasteiger partial charge in [-0.25, -0.2) is 0 Å². The van der Waals surface area contributed by atoms with Crippen LogP contribution in [0, 0.1) is 11.8 Å². The Morgan fingerprint density at radius 1 is 1.58 bits per heavy atom. The third kappa shape index (κ3) is 1.43. The van der Waals surface area contributed by atoms with Crippen LogP contribution in [0.25, 0.3) is 0 Å². The Bertz CT molecular complexity index is 214. The molecule has 0 saturated heterocycles. The van der Waals surface area contributed by atoms with E-state index in [-0.39, 0.29) is 5.60 Å². The molecule has 3 unspecified atom stereocenters. The highest BCUT2D eigenvalue weighted by atomic mass is 127. The first kappa shape index (κ1) is 9.00. The van der Waals surface area contributed by atoms with E-state index in [4.69, 9.17) is 0 Å². The van der Waals surface area contributed by atoms with Gasteiger partial charge in [-0.15, -0.1) is 0 Å². The van der Waals surface area contributed by atoms with Crippen LogP contribution in [-0.2, 0) is 0 Å². The Kier molecular flexibility index (Phi) is 2.24. The molecule has 2 fully saturated rings. The van der Waals surface area contributed by atoms with E-state index in [0.717, 1.165) is 22.3 Å².